The Balaban J connectivity index is 2.12. The van der Waals surface area contributed by atoms with Crippen LogP contribution < -0.4 is 10.6 Å². The Morgan fingerprint density at radius 2 is 1.75 bits per heavy atom. The number of benzene rings is 2. The fourth-order valence-electron chi connectivity index (χ4n) is 3.17. The molecule has 0 bridgehead atoms. The van der Waals surface area contributed by atoms with Crippen molar-refractivity contribution in [2.45, 2.75) is 27.3 Å². The monoisotopic (exact) mass is 266 g/mol. The second-order valence-corrected chi connectivity index (χ2v) is 5.52. The van der Waals surface area contributed by atoms with Gasteiger partial charge in [-0.15, -0.1) is 0 Å². The first-order valence-electron chi connectivity index (χ1n) is 6.76. The van der Waals surface area contributed by atoms with Gasteiger partial charge >= 0.3 is 0 Å². The molecule has 1 amide bonds. The van der Waals surface area contributed by atoms with E-state index in [4.69, 9.17) is 5.73 Å². The number of anilines is 2. The van der Waals surface area contributed by atoms with Crippen LogP contribution in [0.3, 0.4) is 0 Å². The van der Waals surface area contributed by atoms with Crippen LogP contribution in [-0.2, 0) is 6.54 Å². The van der Waals surface area contributed by atoms with Crippen LogP contribution in [0.5, 0.6) is 0 Å². The summed E-state index contributed by atoms with van der Waals surface area (Å²) in [5.41, 5.74) is 12.7. The summed E-state index contributed by atoms with van der Waals surface area (Å²) in [6.07, 6.45) is 0. The van der Waals surface area contributed by atoms with E-state index in [2.05, 4.69) is 32.9 Å². The van der Waals surface area contributed by atoms with E-state index in [-0.39, 0.29) is 5.91 Å². The molecule has 3 heteroatoms. The van der Waals surface area contributed by atoms with E-state index in [0.29, 0.717) is 17.8 Å². The van der Waals surface area contributed by atoms with E-state index in [9.17, 15) is 4.79 Å². The average Bonchev–Trinajstić information content (AvgIpc) is 2.67. The van der Waals surface area contributed by atoms with Gasteiger partial charge in [-0.3, -0.25) is 4.79 Å². The molecule has 2 aromatic rings. The summed E-state index contributed by atoms with van der Waals surface area (Å²) in [4.78, 5) is 14.5. The summed E-state index contributed by atoms with van der Waals surface area (Å²) in [5, 5.41) is 0. The number of carbonyl (C=O) groups excluding carboxylic acids is 1. The van der Waals surface area contributed by atoms with Crippen LogP contribution in [0.2, 0.25) is 0 Å². The zero-order valence-corrected chi connectivity index (χ0v) is 12.0. The number of amides is 1. The lowest BCUT2D eigenvalue weighted by atomic mass is 10.0. The lowest BCUT2D eigenvalue weighted by Gasteiger charge is -2.21. The van der Waals surface area contributed by atoms with Crippen molar-refractivity contribution in [1.29, 1.82) is 0 Å². The van der Waals surface area contributed by atoms with Crippen LogP contribution in [-0.4, -0.2) is 5.91 Å². The van der Waals surface area contributed by atoms with Gasteiger partial charge in [0.15, 0.2) is 0 Å². The molecule has 1 aliphatic rings. The first-order valence-corrected chi connectivity index (χ1v) is 6.76. The summed E-state index contributed by atoms with van der Waals surface area (Å²) in [7, 11) is 0. The molecular weight excluding hydrogens is 248 g/mol. The molecule has 1 aliphatic heterocycles. The number of nitrogen functional groups attached to an aromatic ring is 1. The van der Waals surface area contributed by atoms with E-state index < -0.39 is 0 Å². The summed E-state index contributed by atoms with van der Waals surface area (Å²) < 4.78 is 0. The molecule has 0 spiro atoms. The minimum atomic E-state index is 0.00755. The molecule has 3 rings (SSSR count). The van der Waals surface area contributed by atoms with Gasteiger partial charge in [-0.05, 0) is 43.5 Å². The van der Waals surface area contributed by atoms with E-state index >= 15 is 0 Å². The Morgan fingerprint density at radius 3 is 2.35 bits per heavy atom. The number of hydrogen-bond donors (Lipinski definition) is 1. The first-order chi connectivity index (χ1) is 9.49. The lowest BCUT2D eigenvalue weighted by Crippen LogP contribution is -2.25. The minimum Gasteiger partial charge on any atom is -0.398 e. The molecule has 2 N–H and O–H groups in total. The molecule has 20 heavy (non-hydrogen) atoms. The fourth-order valence-corrected chi connectivity index (χ4v) is 3.17. The van der Waals surface area contributed by atoms with Gasteiger partial charge in [0.2, 0.25) is 0 Å². The third-order valence-electron chi connectivity index (χ3n) is 3.88. The van der Waals surface area contributed by atoms with Gasteiger partial charge in [0.1, 0.15) is 0 Å². The Bertz CT molecular complexity index is 696. The standard InChI is InChI=1S/C17H18N2O/c1-10-7-11(2)16(12(3)8-10)19-9-13-5-4-6-14(18)15(13)17(19)20/h4-8H,9,18H2,1-3H3. The first kappa shape index (κ1) is 12.7. The maximum atomic E-state index is 12.7. The van der Waals surface area contributed by atoms with E-state index in [1.165, 1.54) is 5.56 Å². The molecule has 0 saturated heterocycles. The third kappa shape index (κ3) is 1.78. The Labute approximate surface area is 119 Å². The fraction of sp³-hybridized carbons (Fsp3) is 0.235. The lowest BCUT2D eigenvalue weighted by molar-refractivity contribution is 0.0997. The topological polar surface area (TPSA) is 46.3 Å². The largest absolute Gasteiger partial charge is 0.398 e. The quantitative estimate of drug-likeness (QED) is 0.804. The zero-order valence-electron chi connectivity index (χ0n) is 12.0. The van der Waals surface area contributed by atoms with E-state index in [0.717, 1.165) is 22.4 Å². The maximum Gasteiger partial charge on any atom is 0.261 e. The van der Waals surface area contributed by atoms with Crippen molar-refractivity contribution in [1.82, 2.24) is 0 Å². The third-order valence-corrected chi connectivity index (χ3v) is 3.88. The maximum absolute atomic E-state index is 12.7. The van der Waals surface area contributed by atoms with Crippen LogP contribution in [0.1, 0.15) is 32.6 Å². The number of rotatable bonds is 1. The Kier molecular flexibility index (Phi) is 2.78. The number of carbonyl (C=O) groups is 1. The van der Waals surface area contributed by atoms with Crippen LogP contribution >= 0.6 is 0 Å². The highest BCUT2D eigenvalue weighted by molar-refractivity contribution is 6.13. The average molecular weight is 266 g/mol. The highest BCUT2D eigenvalue weighted by Gasteiger charge is 2.31. The number of nitrogens with zero attached hydrogens (tertiary/aromatic N) is 1. The molecule has 1 heterocycles. The molecule has 0 fully saturated rings. The highest BCUT2D eigenvalue weighted by atomic mass is 16.2. The van der Waals surface area contributed by atoms with Gasteiger partial charge in [-0.25, -0.2) is 0 Å². The van der Waals surface area contributed by atoms with Crippen LogP contribution in [0.15, 0.2) is 30.3 Å². The van der Waals surface area contributed by atoms with Crippen molar-refractivity contribution in [3.8, 4) is 0 Å². The molecule has 0 saturated carbocycles. The number of fused-ring (bicyclic) bond motifs is 1. The predicted octanol–water partition coefficient (Wildman–Crippen LogP) is 3.35. The van der Waals surface area contributed by atoms with Gasteiger partial charge in [-0.2, -0.15) is 0 Å². The molecule has 0 aromatic heterocycles. The van der Waals surface area contributed by atoms with Crippen molar-refractivity contribution in [3.05, 3.63) is 58.1 Å². The second kappa shape index (κ2) is 4.37. The van der Waals surface area contributed by atoms with Crippen molar-refractivity contribution < 1.29 is 4.79 Å². The number of aryl methyl sites for hydroxylation is 3. The van der Waals surface area contributed by atoms with Crippen molar-refractivity contribution >= 4 is 17.3 Å². The number of hydrogen-bond acceptors (Lipinski definition) is 2. The van der Waals surface area contributed by atoms with Gasteiger partial charge < -0.3 is 10.6 Å². The summed E-state index contributed by atoms with van der Waals surface area (Å²) in [5.74, 6) is 0.00755. The Morgan fingerprint density at radius 1 is 1.10 bits per heavy atom. The molecule has 3 nitrogen and oxygen atoms in total. The van der Waals surface area contributed by atoms with Gasteiger partial charge in [0, 0.05) is 5.69 Å². The Hall–Kier alpha value is -2.29. The highest BCUT2D eigenvalue weighted by Crippen LogP contribution is 2.35. The predicted molar refractivity (Wildman–Crippen MR) is 82.0 cm³/mol. The number of nitrogens with two attached hydrogens (primary N) is 1. The van der Waals surface area contributed by atoms with Crippen molar-refractivity contribution in [2.75, 3.05) is 10.6 Å². The van der Waals surface area contributed by atoms with Crippen LogP contribution in [0.4, 0.5) is 11.4 Å². The minimum absolute atomic E-state index is 0.00755. The molecule has 0 radical (unpaired) electrons. The van der Waals surface area contributed by atoms with E-state index in [1.54, 1.807) is 6.07 Å². The van der Waals surface area contributed by atoms with Crippen LogP contribution in [0.25, 0.3) is 0 Å². The van der Waals surface area contributed by atoms with E-state index in [1.807, 2.05) is 17.0 Å². The second-order valence-electron chi connectivity index (χ2n) is 5.52. The summed E-state index contributed by atoms with van der Waals surface area (Å²) in [6, 6.07) is 9.89. The smallest absolute Gasteiger partial charge is 0.261 e. The van der Waals surface area contributed by atoms with Gasteiger partial charge in [0.25, 0.3) is 5.91 Å². The molecule has 102 valence electrons. The molecular formula is C17H18N2O. The van der Waals surface area contributed by atoms with Gasteiger partial charge in [0.05, 0.1) is 17.8 Å². The molecule has 0 atom stereocenters. The zero-order chi connectivity index (χ0) is 14.4. The molecule has 2 aromatic carbocycles. The normalized spacial score (nSPS) is 13.8. The van der Waals surface area contributed by atoms with Crippen molar-refractivity contribution in [3.63, 3.8) is 0 Å². The summed E-state index contributed by atoms with van der Waals surface area (Å²) in [6.45, 7) is 6.77. The van der Waals surface area contributed by atoms with Gasteiger partial charge in [-0.1, -0.05) is 29.8 Å². The van der Waals surface area contributed by atoms with Crippen molar-refractivity contribution in [2.24, 2.45) is 0 Å². The SMILES string of the molecule is Cc1cc(C)c(N2Cc3cccc(N)c3C2=O)c(C)c1. The van der Waals surface area contributed by atoms with Crippen LogP contribution in [0, 0.1) is 20.8 Å². The molecule has 0 unspecified atom stereocenters. The molecule has 0 aliphatic carbocycles. The summed E-state index contributed by atoms with van der Waals surface area (Å²) >= 11 is 0.